The smallest absolute Gasteiger partial charge is 0.234 e. The minimum atomic E-state index is 0.0592. The lowest BCUT2D eigenvalue weighted by atomic mass is 10.1. The molecular weight excluding hydrogens is 250 g/mol. The van der Waals surface area contributed by atoms with Crippen LogP contribution in [0.1, 0.15) is 5.56 Å². The molecule has 98 valence electrons. The zero-order chi connectivity index (χ0) is 13.0. The van der Waals surface area contributed by atoms with Gasteiger partial charge in [0.05, 0.1) is 6.54 Å². The Hall–Kier alpha value is -1.10. The average Bonchev–Trinajstić information content (AvgIpc) is 2.27. The third-order valence-corrected chi connectivity index (χ3v) is 3.21. The van der Waals surface area contributed by atoms with Crippen molar-refractivity contribution in [2.45, 2.75) is 12.5 Å². The average molecular weight is 268 g/mol. The van der Waals surface area contributed by atoms with E-state index < -0.39 is 0 Å². The summed E-state index contributed by atoms with van der Waals surface area (Å²) in [5, 5.41) is 3.63. The summed E-state index contributed by atoms with van der Waals surface area (Å²) < 4.78 is 0. The predicted octanol–water partition coefficient (Wildman–Crippen LogP) is 0.642. The van der Waals surface area contributed by atoms with Crippen molar-refractivity contribution in [1.82, 2.24) is 10.2 Å². The van der Waals surface area contributed by atoms with Crippen molar-refractivity contribution in [1.29, 1.82) is 0 Å². The van der Waals surface area contributed by atoms with Gasteiger partial charge >= 0.3 is 0 Å². The van der Waals surface area contributed by atoms with Gasteiger partial charge in [0.15, 0.2) is 0 Å². The third kappa shape index (κ3) is 3.98. The summed E-state index contributed by atoms with van der Waals surface area (Å²) in [5.41, 5.74) is 6.78. The molecule has 2 rings (SSSR count). The number of nitrogens with zero attached hydrogens (tertiary/aromatic N) is 1. The zero-order valence-corrected chi connectivity index (χ0v) is 11.0. The second-order valence-corrected chi connectivity index (χ2v) is 5.12. The van der Waals surface area contributed by atoms with Crippen molar-refractivity contribution >= 4 is 17.5 Å². The van der Waals surface area contributed by atoms with Gasteiger partial charge in [0.1, 0.15) is 0 Å². The molecule has 0 radical (unpaired) electrons. The fourth-order valence-electron chi connectivity index (χ4n) is 2.04. The van der Waals surface area contributed by atoms with Crippen LogP contribution in [-0.2, 0) is 11.2 Å². The van der Waals surface area contributed by atoms with Crippen LogP contribution in [0.4, 0.5) is 0 Å². The molecular formula is C13H18ClN3O. The van der Waals surface area contributed by atoms with Gasteiger partial charge in [-0.3, -0.25) is 9.69 Å². The van der Waals surface area contributed by atoms with Crippen LogP contribution in [0, 0.1) is 0 Å². The number of hydrogen-bond acceptors (Lipinski definition) is 3. The van der Waals surface area contributed by atoms with Crippen molar-refractivity contribution < 1.29 is 4.79 Å². The van der Waals surface area contributed by atoms with E-state index >= 15 is 0 Å². The minimum absolute atomic E-state index is 0.0592. The normalized spacial score (nSPS) is 16.3. The molecule has 0 saturated carbocycles. The molecule has 1 fully saturated rings. The topological polar surface area (TPSA) is 58.4 Å². The van der Waals surface area contributed by atoms with E-state index in [2.05, 4.69) is 5.32 Å². The largest absolute Gasteiger partial charge is 0.355 e. The summed E-state index contributed by atoms with van der Waals surface area (Å²) in [4.78, 5) is 13.6. The molecule has 5 heteroatoms. The molecule has 1 saturated heterocycles. The Balaban J connectivity index is 1.64. The number of nitrogens with one attached hydrogen (secondary N) is 1. The van der Waals surface area contributed by atoms with Gasteiger partial charge in [-0.15, -0.1) is 0 Å². The number of hydrogen-bond donors (Lipinski definition) is 2. The summed E-state index contributed by atoms with van der Waals surface area (Å²) in [6.07, 6.45) is 0.797. The maximum absolute atomic E-state index is 11.6. The van der Waals surface area contributed by atoms with Crippen molar-refractivity contribution in [3.05, 3.63) is 34.9 Å². The van der Waals surface area contributed by atoms with Crippen LogP contribution in [0.2, 0.25) is 5.02 Å². The van der Waals surface area contributed by atoms with E-state index in [0.29, 0.717) is 13.1 Å². The van der Waals surface area contributed by atoms with Crippen LogP contribution < -0.4 is 11.1 Å². The second kappa shape index (κ2) is 6.18. The standard InChI is InChI=1S/C13H18ClN3O/c14-11-3-1-2-10(6-11)4-5-16-13(18)9-17-7-12(15)8-17/h1-3,6,12H,4-5,7-9,15H2,(H,16,18). The molecule has 1 amide bonds. The molecule has 0 unspecified atom stereocenters. The molecule has 1 heterocycles. The molecule has 1 aromatic carbocycles. The van der Waals surface area contributed by atoms with Crippen LogP contribution in [-0.4, -0.2) is 43.0 Å². The first-order chi connectivity index (χ1) is 8.63. The Bertz CT molecular complexity index is 418. The zero-order valence-electron chi connectivity index (χ0n) is 10.2. The molecule has 0 aromatic heterocycles. The molecule has 3 N–H and O–H groups in total. The summed E-state index contributed by atoms with van der Waals surface area (Å²) in [6, 6.07) is 7.93. The summed E-state index contributed by atoms with van der Waals surface area (Å²) >= 11 is 5.89. The number of carbonyl (C=O) groups excluding carboxylic acids is 1. The first-order valence-electron chi connectivity index (χ1n) is 6.12. The van der Waals surface area contributed by atoms with Crippen LogP contribution >= 0.6 is 11.6 Å². The Morgan fingerprint density at radius 3 is 2.94 bits per heavy atom. The van der Waals surface area contributed by atoms with Crippen LogP contribution in [0.15, 0.2) is 24.3 Å². The maximum Gasteiger partial charge on any atom is 0.234 e. The quantitative estimate of drug-likeness (QED) is 0.823. The Kier molecular flexibility index (Phi) is 4.58. The number of carbonyl (C=O) groups is 1. The van der Waals surface area contributed by atoms with Crippen molar-refractivity contribution in [3.8, 4) is 0 Å². The van der Waals surface area contributed by atoms with Crippen LogP contribution in [0.25, 0.3) is 0 Å². The number of benzene rings is 1. The second-order valence-electron chi connectivity index (χ2n) is 4.68. The Morgan fingerprint density at radius 2 is 2.28 bits per heavy atom. The lowest BCUT2D eigenvalue weighted by Gasteiger charge is -2.36. The third-order valence-electron chi connectivity index (χ3n) is 2.98. The summed E-state index contributed by atoms with van der Waals surface area (Å²) in [5.74, 6) is 0.0592. The highest BCUT2D eigenvalue weighted by Gasteiger charge is 2.24. The highest BCUT2D eigenvalue weighted by atomic mass is 35.5. The first-order valence-corrected chi connectivity index (χ1v) is 6.50. The monoisotopic (exact) mass is 267 g/mol. The SMILES string of the molecule is NC1CN(CC(=O)NCCc2cccc(Cl)c2)C1. The van der Waals surface area contributed by atoms with E-state index in [9.17, 15) is 4.79 Å². The highest BCUT2D eigenvalue weighted by molar-refractivity contribution is 6.30. The van der Waals surface area contributed by atoms with Gasteiger partial charge in [-0.2, -0.15) is 0 Å². The van der Waals surface area contributed by atoms with E-state index in [1.54, 1.807) is 0 Å². The van der Waals surface area contributed by atoms with Gasteiger partial charge in [0, 0.05) is 30.7 Å². The van der Waals surface area contributed by atoms with E-state index in [1.807, 2.05) is 29.2 Å². The molecule has 1 aromatic rings. The van der Waals surface area contributed by atoms with Crippen molar-refractivity contribution in [3.63, 3.8) is 0 Å². The first kappa shape index (κ1) is 13.3. The Morgan fingerprint density at radius 1 is 1.50 bits per heavy atom. The number of halogens is 1. The maximum atomic E-state index is 11.6. The lowest BCUT2D eigenvalue weighted by molar-refractivity contribution is -0.123. The van der Waals surface area contributed by atoms with Crippen molar-refractivity contribution in [2.24, 2.45) is 5.73 Å². The molecule has 1 aliphatic heterocycles. The van der Waals surface area contributed by atoms with Gasteiger partial charge in [-0.1, -0.05) is 23.7 Å². The number of amides is 1. The van der Waals surface area contributed by atoms with Crippen LogP contribution in [0.3, 0.4) is 0 Å². The lowest BCUT2D eigenvalue weighted by Crippen LogP contribution is -2.58. The predicted molar refractivity (Wildman–Crippen MR) is 72.6 cm³/mol. The van der Waals surface area contributed by atoms with Gasteiger partial charge in [0.25, 0.3) is 0 Å². The van der Waals surface area contributed by atoms with E-state index in [0.717, 1.165) is 30.1 Å². The number of rotatable bonds is 5. The molecule has 18 heavy (non-hydrogen) atoms. The van der Waals surface area contributed by atoms with Crippen LogP contribution in [0.5, 0.6) is 0 Å². The van der Waals surface area contributed by atoms with E-state index in [1.165, 1.54) is 0 Å². The fraction of sp³-hybridized carbons (Fsp3) is 0.462. The van der Waals surface area contributed by atoms with Gasteiger partial charge in [0.2, 0.25) is 5.91 Å². The summed E-state index contributed by atoms with van der Waals surface area (Å²) in [7, 11) is 0. The van der Waals surface area contributed by atoms with Gasteiger partial charge in [-0.05, 0) is 24.1 Å². The Labute approximate surface area is 112 Å². The number of nitrogens with two attached hydrogens (primary N) is 1. The van der Waals surface area contributed by atoms with Gasteiger partial charge in [-0.25, -0.2) is 0 Å². The highest BCUT2D eigenvalue weighted by Crippen LogP contribution is 2.10. The fourth-order valence-corrected chi connectivity index (χ4v) is 2.25. The molecule has 0 bridgehead atoms. The minimum Gasteiger partial charge on any atom is -0.355 e. The van der Waals surface area contributed by atoms with Gasteiger partial charge < -0.3 is 11.1 Å². The summed E-state index contributed by atoms with van der Waals surface area (Å²) in [6.45, 7) is 2.73. The van der Waals surface area contributed by atoms with Crippen molar-refractivity contribution in [2.75, 3.05) is 26.2 Å². The molecule has 4 nitrogen and oxygen atoms in total. The molecule has 0 spiro atoms. The van der Waals surface area contributed by atoms with E-state index in [-0.39, 0.29) is 11.9 Å². The number of likely N-dealkylation sites (tertiary alicyclic amines) is 1. The molecule has 1 aliphatic rings. The van der Waals surface area contributed by atoms with E-state index in [4.69, 9.17) is 17.3 Å². The molecule has 0 atom stereocenters. The molecule has 0 aliphatic carbocycles.